The van der Waals surface area contributed by atoms with Crippen molar-refractivity contribution in [2.45, 2.75) is 6.54 Å². The lowest BCUT2D eigenvalue weighted by Crippen LogP contribution is -2.52. The van der Waals surface area contributed by atoms with E-state index in [0.717, 1.165) is 22.3 Å². The van der Waals surface area contributed by atoms with Gasteiger partial charge < -0.3 is 15.1 Å². The molecular formula is C20H20N6O2. The molecule has 1 aliphatic heterocycles. The van der Waals surface area contributed by atoms with E-state index in [4.69, 9.17) is 0 Å². The predicted octanol–water partition coefficient (Wildman–Crippen LogP) is 0.990. The summed E-state index contributed by atoms with van der Waals surface area (Å²) in [4.78, 5) is 40.9. The summed E-state index contributed by atoms with van der Waals surface area (Å²) in [5, 5.41) is 3.72. The zero-order valence-corrected chi connectivity index (χ0v) is 15.3. The Labute approximate surface area is 162 Å². The summed E-state index contributed by atoms with van der Waals surface area (Å²) in [6.45, 7) is 2.49. The first-order valence-corrected chi connectivity index (χ1v) is 9.12. The molecule has 28 heavy (non-hydrogen) atoms. The molecule has 3 heterocycles. The monoisotopic (exact) mass is 376 g/mol. The van der Waals surface area contributed by atoms with Gasteiger partial charge in [-0.15, -0.1) is 0 Å². The van der Waals surface area contributed by atoms with Crippen molar-refractivity contribution >= 4 is 28.5 Å². The third-order valence-corrected chi connectivity index (χ3v) is 4.76. The zero-order chi connectivity index (χ0) is 19.3. The fourth-order valence-electron chi connectivity index (χ4n) is 3.23. The van der Waals surface area contributed by atoms with Crippen molar-refractivity contribution in [2.75, 3.05) is 31.1 Å². The normalized spacial score (nSPS) is 14.1. The standard InChI is InChI=1S/C20H20N6O2/c27-19(24-13-15-3-4-17-16(12-15)2-1-5-22-17)20(28)26-10-8-25(9-11-26)18-14-21-6-7-23-18/h1-7,12,14H,8-11,13H2,(H,24,27). The number of piperazine rings is 1. The lowest BCUT2D eigenvalue weighted by molar-refractivity contribution is -0.146. The molecule has 1 saturated heterocycles. The number of hydrogen-bond acceptors (Lipinski definition) is 6. The topological polar surface area (TPSA) is 91.3 Å². The average molecular weight is 376 g/mol. The largest absolute Gasteiger partial charge is 0.352 e. The van der Waals surface area contributed by atoms with Crippen LogP contribution in [0.15, 0.2) is 55.1 Å². The van der Waals surface area contributed by atoms with Crippen LogP contribution in [-0.2, 0) is 16.1 Å². The fourth-order valence-corrected chi connectivity index (χ4v) is 3.23. The van der Waals surface area contributed by atoms with Crippen LogP contribution in [0, 0.1) is 0 Å². The maximum absolute atomic E-state index is 12.4. The Hall–Kier alpha value is -3.55. The number of nitrogens with zero attached hydrogens (tertiary/aromatic N) is 5. The molecule has 8 heteroatoms. The van der Waals surface area contributed by atoms with Gasteiger partial charge in [0.15, 0.2) is 0 Å². The summed E-state index contributed by atoms with van der Waals surface area (Å²) in [6, 6.07) is 9.61. The number of aromatic nitrogens is 3. The van der Waals surface area contributed by atoms with Crippen LogP contribution in [-0.4, -0.2) is 57.8 Å². The maximum Gasteiger partial charge on any atom is 0.312 e. The van der Waals surface area contributed by atoms with E-state index >= 15 is 0 Å². The molecule has 0 bridgehead atoms. The summed E-state index contributed by atoms with van der Waals surface area (Å²) >= 11 is 0. The molecule has 1 fully saturated rings. The Morgan fingerprint density at radius 1 is 1.00 bits per heavy atom. The van der Waals surface area contributed by atoms with E-state index in [1.165, 1.54) is 0 Å². The second kappa shape index (κ2) is 7.99. The predicted molar refractivity (Wildman–Crippen MR) is 104 cm³/mol. The summed E-state index contributed by atoms with van der Waals surface area (Å²) in [5.41, 5.74) is 1.82. The van der Waals surface area contributed by atoms with Gasteiger partial charge in [0.25, 0.3) is 0 Å². The number of rotatable bonds is 3. The van der Waals surface area contributed by atoms with Crippen LogP contribution in [0.25, 0.3) is 10.9 Å². The highest BCUT2D eigenvalue weighted by Crippen LogP contribution is 2.14. The van der Waals surface area contributed by atoms with Gasteiger partial charge in [0.2, 0.25) is 0 Å². The van der Waals surface area contributed by atoms with Crippen LogP contribution in [0.4, 0.5) is 5.82 Å². The number of carbonyl (C=O) groups is 2. The van der Waals surface area contributed by atoms with E-state index in [1.54, 1.807) is 29.7 Å². The molecule has 8 nitrogen and oxygen atoms in total. The second-order valence-corrected chi connectivity index (χ2v) is 6.56. The van der Waals surface area contributed by atoms with Crippen LogP contribution in [0.3, 0.4) is 0 Å². The van der Waals surface area contributed by atoms with Gasteiger partial charge in [-0.05, 0) is 23.8 Å². The minimum absolute atomic E-state index is 0.301. The zero-order valence-electron chi connectivity index (χ0n) is 15.3. The molecule has 4 rings (SSSR count). The lowest BCUT2D eigenvalue weighted by atomic mass is 10.1. The molecule has 2 aromatic heterocycles. The maximum atomic E-state index is 12.4. The SMILES string of the molecule is O=C(NCc1ccc2ncccc2c1)C(=O)N1CCN(c2cnccn2)CC1. The number of fused-ring (bicyclic) bond motifs is 1. The van der Waals surface area contributed by atoms with Crippen molar-refractivity contribution in [3.63, 3.8) is 0 Å². The van der Waals surface area contributed by atoms with E-state index < -0.39 is 11.8 Å². The molecule has 142 valence electrons. The minimum Gasteiger partial charge on any atom is -0.352 e. The van der Waals surface area contributed by atoms with Gasteiger partial charge in [-0.1, -0.05) is 12.1 Å². The summed E-state index contributed by atoms with van der Waals surface area (Å²) in [7, 11) is 0. The first-order valence-electron chi connectivity index (χ1n) is 9.12. The van der Waals surface area contributed by atoms with Crippen molar-refractivity contribution in [3.05, 3.63) is 60.7 Å². The molecular weight excluding hydrogens is 356 g/mol. The van der Waals surface area contributed by atoms with Crippen LogP contribution in [0.5, 0.6) is 0 Å². The first kappa shape index (κ1) is 17.8. The fraction of sp³-hybridized carbons (Fsp3) is 0.250. The van der Waals surface area contributed by atoms with E-state index in [-0.39, 0.29) is 0 Å². The van der Waals surface area contributed by atoms with Gasteiger partial charge in [0, 0.05) is 56.7 Å². The molecule has 1 aliphatic rings. The highest BCUT2D eigenvalue weighted by atomic mass is 16.2. The third-order valence-electron chi connectivity index (χ3n) is 4.76. The van der Waals surface area contributed by atoms with Gasteiger partial charge in [0.05, 0.1) is 11.7 Å². The third kappa shape index (κ3) is 3.90. The highest BCUT2D eigenvalue weighted by molar-refractivity contribution is 6.35. The van der Waals surface area contributed by atoms with Crippen LogP contribution in [0.2, 0.25) is 0 Å². The number of nitrogens with one attached hydrogen (secondary N) is 1. The van der Waals surface area contributed by atoms with Crippen molar-refractivity contribution in [3.8, 4) is 0 Å². The molecule has 0 saturated carbocycles. The van der Waals surface area contributed by atoms with Crippen molar-refractivity contribution < 1.29 is 9.59 Å². The van der Waals surface area contributed by atoms with E-state index in [1.807, 2.05) is 30.3 Å². The van der Waals surface area contributed by atoms with E-state index in [0.29, 0.717) is 32.7 Å². The van der Waals surface area contributed by atoms with E-state index in [9.17, 15) is 9.59 Å². The van der Waals surface area contributed by atoms with Gasteiger partial charge in [-0.25, -0.2) is 4.98 Å². The van der Waals surface area contributed by atoms with Gasteiger partial charge in [0.1, 0.15) is 5.82 Å². The van der Waals surface area contributed by atoms with Crippen molar-refractivity contribution in [2.24, 2.45) is 0 Å². The van der Waals surface area contributed by atoms with Crippen molar-refractivity contribution in [1.82, 2.24) is 25.2 Å². The molecule has 0 unspecified atom stereocenters. The molecule has 0 aliphatic carbocycles. The minimum atomic E-state index is -0.584. The smallest absolute Gasteiger partial charge is 0.312 e. The number of benzene rings is 1. The molecule has 0 atom stereocenters. The van der Waals surface area contributed by atoms with Crippen LogP contribution in [0.1, 0.15) is 5.56 Å². The Balaban J connectivity index is 1.30. The Kier molecular flexibility index (Phi) is 5.09. The Morgan fingerprint density at radius 3 is 2.64 bits per heavy atom. The Morgan fingerprint density at radius 2 is 1.86 bits per heavy atom. The number of amides is 2. The molecule has 2 amide bonds. The lowest BCUT2D eigenvalue weighted by Gasteiger charge is -2.34. The van der Waals surface area contributed by atoms with Crippen LogP contribution >= 0.6 is 0 Å². The highest BCUT2D eigenvalue weighted by Gasteiger charge is 2.26. The average Bonchev–Trinajstić information content (AvgIpc) is 2.77. The van der Waals surface area contributed by atoms with Gasteiger partial charge >= 0.3 is 11.8 Å². The number of carbonyl (C=O) groups excluding carboxylic acids is 2. The molecule has 0 radical (unpaired) electrons. The first-order chi connectivity index (χ1) is 13.7. The summed E-state index contributed by atoms with van der Waals surface area (Å²) in [5.74, 6) is -0.301. The number of pyridine rings is 1. The Bertz CT molecular complexity index is 986. The molecule has 1 aromatic carbocycles. The number of hydrogen-bond donors (Lipinski definition) is 1. The quantitative estimate of drug-likeness (QED) is 0.686. The molecule has 1 N–H and O–H groups in total. The molecule has 3 aromatic rings. The molecule has 0 spiro atoms. The number of anilines is 1. The summed E-state index contributed by atoms with van der Waals surface area (Å²) in [6.07, 6.45) is 6.71. The van der Waals surface area contributed by atoms with Gasteiger partial charge in [-0.2, -0.15) is 0 Å². The summed E-state index contributed by atoms with van der Waals surface area (Å²) < 4.78 is 0. The van der Waals surface area contributed by atoms with E-state index in [2.05, 4.69) is 25.2 Å². The van der Waals surface area contributed by atoms with Gasteiger partial charge in [-0.3, -0.25) is 19.6 Å². The van der Waals surface area contributed by atoms with Crippen molar-refractivity contribution in [1.29, 1.82) is 0 Å². The second-order valence-electron chi connectivity index (χ2n) is 6.56. The van der Waals surface area contributed by atoms with Crippen LogP contribution < -0.4 is 10.2 Å².